The number of hydrogen-bond donors (Lipinski definition) is 3. The second-order valence-electron chi connectivity index (χ2n) is 6.77. The summed E-state index contributed by atoms with van der Waals surface area (Å²) in [6.07, 6.45) is 2.38. The van der Waals surface area contributed by atoms with E-state index in [-0.39, 0.29) is 11.2 Å². The largest absolute Gasteiger partial charge is 0.502 e. The molecule has 3 rings (SSSR count). The molecule has 0 atom stereocenters. The lowest BCUT2D eigenvalue weighted by Gasteiger charge is -2.19. The third-order valence-electron chi connectivity index (χ3n) is 5.06. The van der Waals surface area contributed by atoms with Crippen molar-refractivity contribution in [3.8, 4) is 17.2 Å². The summed E-state index contributed by atoms with van der Waals surface area (Å²) in [6, 6.07) is 14.2. The van der Waals surface area contributed by atoms with E-state index >= 15 is 0 Å². The number of phenolic OH excluding ortho intramolecular Hbond substituents is 1. The van der Waals surface area contributed by atoms with Gasteiger partial charge in [-0.15, -0.1) is 0 Å². The molecule has 0 radical (unpaired) electrons. The summed E-state index contributed by atoms with van der Waals surface area (Å²) in [5.74, 6) is 1.51. The van der Waals surface area contributed by atoms with Crippen LogP contribution in [0.4, 0.5) is 0 Å². The van der Waals surface area contributed by atoms with E-state index in [1.807, 2.05) is 6.07 Å². The first-order valence-corrected chi connectivity index (χ1v) is 9.06. The number of methoxy groups -OCH3 is 2. The monoisotopic (exact) mass is 369 g/mol. The van der Waals surface area contributed by atoms with Gasteiger partial charge < -0.3 is 25.2 Å². The number of hydrogen-bond acceptors (Lipinski definition) is 4. The van der Waals surface area contributed by atoms with E-state index in [0.29, 0.717) is 18.0 Å². The van der Waals surface area contributed by atoms with Gasteiger partial charge in [-0.2, -0.15) is 0 Å². The average Bonchev–Trinajstić information content (AvgIpc) is 3.50. The van der Waals surface area contributed by atoms with Gasteiger partial charge in [0.2, 0.25) is 5.75 Å². The van der Waals surface area contributed by atoms with Gasteiger partial charge in [0.1, 0.15) is 0 Å². The van der Waals surface area contributed by atoms with Crippen LogP contribution in [0.15, 0.2) is 47.5 Å². The van der Waals surface area contributed by atoms with Crippen molar-refractivity contribution in [1.82, 2.24) is 10.6 Å². The highest BCUT2D eigenvalue weighted by Crippen LogP contribution is 2.47. The Kier molecular flexibility index (Phi) is 5.74. The smallest absolute Gasteiger partial charge is 0.200 e. The Labute approximate surface area is 160 Å². The highest BCUT2D eigenvalue weighted by Gasteiger charge is 2.43. The molecule has 0 aliphatic heterocycles. The van der Waals surface area contributed by atoms with E-state index < -0.39 is 0 Å². The van der Waals surface area contributed by atoms with Crippen molar-refractivity contribution in [1.29, 1.82) is 0 Å². The van der Waals surface area contributed by atoms with Crippen LogP contribution in [0.1, 0.15) is 24.0 Å². The highest BCUT2D eigenvalue weighted by atomic mass is 16.5. The highest BCUT2D eigenvalue weighted by molar-refractivity contribution is 5.79. The molecule has 3 N–H and O–H groups in total. The number of nitrogens with zero attached hydrogens (tertiary/aromatic N) is 1. The summed E-state index contributed by atoms with van der Waals surface area (Å²) in [4.78, 5) is 4.31. The fraction of sp³-hybridized carbons (Fsp3) is 0.381. The second kappa shape index (κ2) is 8.20. The molecule has 0 saturated heterocycles. The molecule has 0 heterocycles. The van der Waals surface area contributed by atoms with Crippen molar-refractivity contribution in [3.05, 3.63) is 53.6 Å². The fourth-order valence-corrected chi connectivity index (χ4v) is 3.22. The Morgan fingerprint density at radius 2 is 1.70 bits per heavy atom. The van der Waals surface area contributed by atoms with Gasteiger partial charge in [0.05, 0.1) is 14.2 Å². The van der Waals surface area contributed by atoms with Crippen molar-refractivity contribution in [2.24, 2.45) is 4.99 Å². The van der Waals surface area contributed by atoms with Crippen LogP contribution < -0.4 is 20.1 Å². The number of aromatic hydroxyl groups is 1. The molecule has 2 aromatic carbocycles. The van der Waals surface area contributed by atoms with Gasteiger partial charge in [-0.05, 0) is 36.1 Å². The molecule has 6 heteroatoms. The second-order valence-corrected chi connectivity index (χ2v) is 6.77. The predicted molar refractivity (Wildman–Crippen MR) is 107 cm³/mol. The summed E-state index contributed by atoms with van der Waals surface area (Å²) in [7, 11) is 4.80. The summed E-state index contributed by atoms with van der Waals surface area (Å²) >= 11 is 0. The number of nitrogens with one attached hydrogen (secondary N) is 2. The van der Waals surface area contributed by atoms with E-state index in [9.17, 15) is 5.11 Å². The molecule has 1 saturated carbocycles. The van der Waals surface area contributed by atoms with Crippen LogP contribution in [0.25, 0.3) is 0 Å². The van der Waals surface area contributed by atoms with E-state index in [1.165, 1.54) is 32.6 Å². The zero-order chi connectivity index (χ0) is 19.3. The summed E-state index contributed by atoms with van der Waals surface area (Å²) in [6.45, 7) is 1.38. The molecule has 0 bridgehead atoms. The number of rotatable bonds is 7. The van der Waals surface area contributed by atoms with Crippen molar-refractivity contribution in [2.45, 2.75) is 24.8 Å². The zero-order valence-electron chi connectivity index (χ0n) is 16.1. The molecular weight excluding hydrogens is 342 g/mol. The molecular formula is C21H27N3O3. The molecule has 0 amide bonds. The predicted octanol–water partition coefficient (Wildman–Crippen LogP) is 2.81. The molecule has 0 unspecified atom stereocenters. The Morgan fingerprint density at radius 3 is 2.22 bits per heavy atom. The van der Waals surface area contributed by atoms with Crippen molar-refractivity contribution >= 4 is 5.96 Å². The summed E-state index contributed by atoms with van der Waals surface area (Å²) in [5, 5.41) is 16.8. The van der Waals surface area contributed by atoms with E-state index in [2.05, 4.69) is 39.9 Å². The topological polar surface area (TPSA) is 75.1 Å². The van der Waals surface area contributed by atoms with Gasteiger partial charge in [0, 0.05) is 25.6 Å². The minimum atomic E-state index is 0.00444. The molecule has 0 spiro atoms. The van der Waals surface area contributed by atoms with Gasteiger partial charge in [-0.25, -0.2) is 0 Å². The third-order valence-corrected chi connectivity index (χ3v) is 5.06. The van der Waals surface area contributed by atoms with Crippen molar-refractivity contribution < 1.29 is 14.6 Å². The number of ether oxygens (including phenoxy) is 2. The van der Waals surface area contributed by atoms with E-state index in [4.69, 9.17) is 9.47 Å². The van der Waals surface area contributed by atoms with Gasteiger partial charge in [-0.3, -0.25) is 4.99 Å². The molecule has 144 valence electrons. The van der Waals surface area contributed by atoms with Crippen molar-refractivity contribution in [2.75, 3.05) is 27.8 Å². The summed E-state index contributed by atoms with van der Waals surface area (Å²) in [5.41, 5.74) is 2.51. The molecule has 2 aromatic rings. The molecule has 0 aromatic heterocycles. The number of aliphatic imine (C=N–C) groups is 1. The lowest BCUT2D eigenvalue weighted by molar-refractivity contribution is 0.339. The van der Waals surface area contributed by atoms with Gasteiger partial charge in [0.15, 0.2) is 17.5 Å². The van der Waals surface area contributed by atoms with Crippen LogP contribution in [0, 0.1) is 0 Å². The van der Waals surface area contributed by atoms with Crippen LogP contribution in [-0.4, -0.2) is 38.9 Å². The minimum Gasteiger partial charge on any atom is -0.502 e. The van der Waals surface area contributed by atoms with Gasteiger partial charge in [-0.1, -0.05) is 30.3 Å². The van der Waals surface area contributed by atoms with Crippen LogP contribution in [0.5, 0.6) is 17.2 Å². The van der Waals surface area contributed by atoms with Crippen LogP contribution in [-0.2, 0) is 12.0 Å². The Bertz CT molecular complexity index is 777. The Balaban J connectivity index is 1.60. The molecule has 1 aliphatic rings. The average molecular weight is 369 g/mol. The van der Waals surface area contributed by atoms with Gasteiger partial charge in [0.25, 0.3) is 0 Å². The normalized spacial score (nSPS) is 15.1. The maximum Gasteiger partial charge on any atom is 0.200 e. The number of guanidine groups is 1. The van der Waals surface area contributed by atoms with Crippen LogP contribution in [0.2, 0.25) is 0 Å². The standard InChI is InChI=1S/C21H27N3O3/c1-22-20(24-14-21(9-10-21)16-7-5-4-6-8-16)23-13-15-11-17(26-2)19(25)18(12-15)27-3/h4-8,11-12,25H,9-10,13-14H2,1-3H3,(H2,22,23,24). The molecule has 1 fully saturated rings. The SMILES string of the molecule is CN=C(NCc1cc(OC)c(O)c(OC)c1)NCC1(c2ccccc2)CC1. The van der Waals surface area contributed by atoms with Crippen LogP contribution >= 0.6 is 0 Å². The number of phenols is 1. The van der Waals surface area contributed by atoms with Crippen molar-refractivity contribution in [3.63, 3.8) is 0 Å². The van der Waals surface area contributed by atoms with E-state index in [1.54, 1.807) is 19.2 Å². The Morgan fingerprint density at radius 1 is 1.07 bits per heavy atom. The summed E-state index contributed by atoms with van der Waals surface area (Å²) < 4.78 is 10.4. The molecule has 1 aliphatic carbocycles. The molecule has 27 heavy (non-hydrogen) atoms. The maximum absolute atomic E-state index is 10.0. The first-order chi connectivity index (χ1) is 13.1. The maximum atomic E-state index is 10.0. The first-order valence-electron chi connectivity index (χ1n) is 9.06. The van der Waals surface area contributed by atoms with Gasteiger partial charge >= 0.3 is 0 Å². The van der Waals surface area contributed by atoms with Crippen LogP contribution in [0.3, 0.4) is 0 Å². The minimum absolute atomic E-state index is 0.00444. The molecule has 6 nitrogen and oxygen atoms in total. The quantitative estimate of drug-likeness (QED) is 0.517. The zero-order valence-corrected chi connectivity index (χ0v) is 16.1. The van der Waals surface area contributed by atoms with E-state index in [0.717, 1.165) is 18.1 Å². The first kappa shape index (κ1) is 18.9. The Hall–Kier alpha value is -2.89. The lowest BCUT2D eigenvalue weighted by Crippen LogP contribution is -2.40. The third kappa shape index (κ3) is 4.27. The lowest BCUT2D eigenvalue weighted by atomic mass is 9.96. The number of benzene rings is 2. The fourth-order valence-electron chi connectivity index (χ4n) is 3.22.